The fraction of sp³-hybridized carbons (Fsp3) is 0.533. The highest BCUT2D eigenvalue weighted by Gasteiger charge is 2.38. The number of urea groups is 1. The topological polar surface area (TPSA) is 52.6 Å². The summed E-state index contributed by atoms with van der Waals surface area (Å²) in [7, 11) is 0. The highest BCUT2D eigenvalue weighted by atomic mass is 79.9. The van der Waals surface area contributed by atoms with E-state index < -0.39 is 5.60 Å². The molecule has 110 valence electrons. The third-order valence-corrected chi connectivity index (χ3v) is 4.21. The second kappa shape index (κ2) is 6.14. The van der Waals surface area contributed by atoms with Crippen LogP contribution in [0.1, 0.15) is 32.3 Å². The molecule has 20 heavy (non-hydrogen) atoms. The number of nitrogens with one attached hydrogen (secondary N) is 1. The Hall–Kier alpha value is -1.07. The number of halogens is 1. The second-order valence-corrected chi connectivity index (χ2v) is 6.71. The van der Waals surface area contributed by atoms with Gasteiger partial charge in [0.25, 0.3) is 0 Å². The number of amides is 2. The van der Waals surface area contributed by atoms with E-state index in [0.29, 0.717) is 13.1 Å². The number of benzene rings is 1. The van der Waals surface area contributed by atoms with Crippen LogP contribution in [0.5, 0.6) is 0 Å². The molecular formula is C15H21BrN2O2. The van der Waals surface area contributed by atoms with Gasteiger partial charge in [-0.1, -0.05) is 28.1 Å². The highest BCUT2D eigenvalue weighted by molar-refractivity contribution is 9.10. The highest BCUT2D eigenvalue weighted by Crippen LogP contribution is 2.26. The first-order valence-electron chi connectivity index (χ1n) is 6.89. The van der Waals surface area contributed by atoms with Crippen molar-refractivity contribution in [2.45, 2.75) is 44.9 Å². The first-order valence-corrected chi connectivity index (χ1v) is 7.68. The van der Waals surface area contributed by atoms with E-state index in [1.54, 1.807) is 18.7 Å². The van der Waals surface area contributed by atoms with Crippen LogP contribution in [0.15, 0.2) is 28.7 Å². The van der Waals surface area contributed by atoms with Crippen LogP contribution in [0, 0.1) is 0 Å². The molecule has 1 aromatic carbocycles. The van der Waals surface area contributed by atoms with E-state index in [1.807, 2.05) is 24.3 Å². The van der Waals surface area contributed by atoms with Gasteiger partial charge in [0.15, 0.2) is 0 Å². The van der Waals surface area contributed by atoms with Crippen molar-refractivity contribution in [3.05, 3.63) is 34.3 Å². The van der Waals surface area contributed by atoms with E-state index in [-0.39, 0.29) is 12.1 Å². The van der Waals surface area contributed by atoms with Crippen LogP contribution >= 0.6 is 15.9 Å². The van der Waals surface area contributed by atoms with E-state index in [1.165, 1.54) is 0 Å². The molecule has 2 rings (SSSR count). The molecule has 0 aromatic heterocycles. The van der Waals surface area contributed by atoms with Crippen LogP contribution in [0.25, 0.3) is 0 Å². The summed E-state index contributed by atoms with van der Waals surface area (Å²) in [5.41, 5.74) is 0.200. The maximum absolute atomic E-state index is 12.2. The Balaban J connectivity index is 1.93. The maximum Gasteiger partial charge on any atom is 0.318 e. The standard InChI is InChI=1S/C15H21BrN2O2/c1-15(2,20)13-4-3-9-18(13)14(19)17-10-11-5-7-12(16)8-6-11/h5-8,13,20H,3-4,9-10H2,1-2H3,(H,17,19)/t13-/m1/s1. The molecule has 2 N–H and O–H groups in total. The van der Waals surface area contributed by atoms with Crippen LogP contribution in [0.4, 0.5) is 4.79 Å². The van der Waals surface area contributed by atoms with E-state index in [9.17, 15) is 9.90 Å². The van der Waals surface area contributed by atoms with E-state index in [4.69, 9.17) is 0 Å². The lowest BCUT2D eigenvalue weighted by molar-refractivity contribution is 0.00979. The molecule has 1 saturated heterocycles. The summed E-state index contributed by atoms with van der Waals surface area (Å²) in [6.07, 6.45) is 1.80. The van der Waals surface area contributed by atoms with Crippen LogP contribution in [-0.2, 0) is 6.54 Å². The fourth-order valence-corrected chi connectivity index (χ4v) is 2.89. The smallest absolute Gasteiger partial charge is 0.318 e. The van der Waals surface area contributed by atoms with Gasteiger partial charge in [0.05, 0.1) is 11.6 Å². The van der Waals surface area contributed by atoms with Crippen LogP contribution in [-0.4, -0.2) is 34.2 Å². The number of aliphatic hydroxyl groups is 1. The summed E-state index contributed by atoms with van der Waals surface area (Å²) in [5, 5.41) is 13.0. The summed E-state index contributed by atoms with van der Waals surface area (Å²) in [4.78, 5) is 14.0. The minimum absolute atomic E-state index is 0.0995. The lowest BCUT2D eigenvalue weighted by atomic mass is 9.97. The Morgan fingerprint density at radius 2 is 2.10 bits per heavy atom. The average Bonchev–Trinajstić information content (AvgIpc) is 2.87. The summed E-state index contributed by atoms with van der Waals surface area (Å²) in [5.74, 6) is 0. The van der Waals surface area contributed by atoms with E-state index in [2.05, 4.69) is 21.2 Å². The van der Waals surface area contributed by atoms with Crippen molar-refractivity contribution in [1.29, 1.82) is 0 Å². The SMILES string of the molecule is CC(C)(O)[C@H]1CCCN1C(=O)NCc1ccc(Br)cc1. The van der Waals surface area contributed by atoms with Crippen molar-refractivity contribution in [3.8, 4) is 0 Å². The van der Waals surface area contributed by atoms with Crippen LogP contribution in [0.2, 0.25) is 0 Å². The summed E-state index contributed by atoms with van der Waals surface area (Å²) < 4.78 is 1.02. The van der Waals surface area contributed by atoms with Crippen LogP contribution < -0.4 is 5.32 Å². The molecule has 0 unspecified atom stereocenters. The molecule has 1 heterocycles. The Morgan fingerprint density at radius 1 is 1.45 bits per heavy atom. The van der Waals surface area contributed by atoms with Gasteiger partial charge in [-0.2, -0.15) is 0 Å². The molecule has 1 aromatic rings. The number of carbonyl (C=O) groups excluding carboxylic acids is 1. The molecular weight excluding hydrogens is 320 g/mol. The zero-order valence-electron chi connectivity index (χ0n) is 11.9. The Morgan fingerprint density at radius 3 is 2.70 bits per heavy atom. The van der Waals surface area contributed by atoms with Crippen molar-refractivity contribution in [1.82, 2.24) is 10.2 Å². The van der Waals surface area contributed by atoms with Crippen molar-refractivity contribution < 1.29 is 9.90 Å². The van der Waals surface area contributed by atoms with Gasteiger partial charge in [-0.25, -0.2) is 4.79 Å². The molecule has 5 heteroatoms. The second-order valence-electron chi connectivity index (χ2n) is 5.79. The molecule has 4 nitrogen and oxygen atoms in total. The quantitative estimate of drug-likeness (QED) is 0.888. The summed E-state index contributed by atoms with van der Waals surface area (Å²) in [6.45, 7) is 4.73. The Kier molecular flexibility index (Phi) is 4.70. The molecule has 0 radical (unpaired) electrons. The van der Waals surface area contributed by atoms with Gasteiger partial charge in [-0.05, 0) is 44.4 Å². The zero-order valence-corrected chi connectivity index (χ0v) is 13.5. The van der Waals surface area contributed by atoms with Gasteiger partial charge in [-0.15, -0.1) is 0 Å². The van der Waals surface area contributed by atoms with Gasteiger partial charge in [0, 0.05) is 17.6 Å². The molecule has 0 spiro atoms. The van der Waals surface area contributed by atoms with Gasteiger partial charge in [0.2, 0.25) is 0 Å². The molecule has 1 aliphatic heterocycles. The number of hydrogen-bond donors (Lipinski definition) is 2. The first kappa shape index (κ1) is 15.3. The molecule has 1 atom stereocenters. The zero-order chi connectivity index (χ0) is 14.8. The number of nitrogens with zero attached hydrogens (tertiary/aromatic N) is 1. The number of hydrogen-bond acceptors (Lipinski definition) is 2. The van der Waals surface area contributed by atoms with Gasteiger partial charge in [-0.3, -0.25) is 0 Å². The lowest BCUT2D eigenvalue weighted by Gasteiger charge is -2.33. The molecule has 0 saturated carbocycles. The first-order chi connectivity index (χ1) is 9.38. The fourth-order valence-electron chi connectivity index (χ4n) is 2.63. The van der Waals surface area contributed by atoms with Crippen molar-refractivity contribution >= 4 is 22.0 Å². The molecule has 1 aliphatic rings. The normalized spacial score (nSPS) is 19.2. The monoisotopic (exact) mass is 340 g/mol. The molecule has 0 aliphatic carbocycles. The van der Waals surface area contributed by atoms with E-state index >= 15 is 0 Å². The summed E-state index contributed by atoms with van der Waals surface area (Å²) >= 11 is 3.39. The minimum Gasteiger partial charge on any atom is -0.388 e. The Labute approximate surface area is 128 Å². The van der Waals surface area contributed by atoms with Gasteiger partial charge < -0.3 is 15.3 Å². The predicted molar refractivity (Wildman–Crippen MR) is 82.4 cm³/mol. The molecule has 1 fully saturated rings. The predicted octanol–water partition coefficient (Wildman–Crippen LogP) is 2.89. The van der Waals surface area contributed by atoms with Crippen molar-refractivity contribution in [2.75, 3.05) is 6.54 Å². The number of carbonyl (C=O) groups is 1. The number of rotatable bonds is 3. The van der Waals surface area contributed by atoms with Crippen LogP contribution in [0.3, 0.4) is 0 Å². The maximum atomic E-state index is 12.2. The largest absolute Gasteiger partial charge is 0.388 e. The Bertz CT molecular complexity index is 468. The third-order valence-electron chi connectivity index (χ3n) is 3.69. The third kappa shape index (κ3) is 3.73. The molecule has 2 amide bonds. The molecule has 0 bridgehead atoms. The van der Waals surface area contributed by atoms with E-state index in [0.717, 1.165) is 22.9 Å². The van der Waals surface area contributed by atoms with Gasteiger partial charge >= 0.3 is 6.03 Å². The van der Waals surface area contributed by atoms with Crippen molar-refractivity contribution in [2.24, 2.45) is 0 Å². The van der Waals surface area contributed by atoms with Crippen molar-refractivity contribution in [3.63, 3.8) is 0 Å². The lowest BCUT2D eigenvalue weighted by Crippen LogP contribution is -2.51. The summed E-state index contributed by atoms with van der Waals surface area (Å²) in [6, 6.07) is 7.65. The van der Waals surface area contributed by atoms with Gasteiger partial charge in [0.1, 0.15) is 0 Å². The number of likely N-dealkylation sites (tertiary alicyclic amines) is 1. The minimum atomic E-state index is -0.856. The average molecular weight is 341 g/mol.